The molecule has 0 radical (unpaired) electrons. The predicted molar refractivity (Wildman–Crippen MR) is 88.9 cm³/mol. The molecular weight excluding hydrogens is 292 g/mol. The molecular formula is C17H22N4O2. The maximum Gasteiger partial charge on any atom is 0.241 e. The van der Waals surface area contributed by atoms with E-state index < -0.39 is 0 Å². The number of unbranched alkanes of at least 4 members (excludes halogenated alkanes) is 1. The highest BCUT2D eigenvalue weighted by Gasteiger charge is 2.06. The summed E-state index contributed by atoms with van der Waals surface area (Å²) in [5, 5.41) is 9.36. The van der Waals surface area contributed by atoms with E-state index in [0.717, 1.165) is 19.3 Å². The van der Waals surface area contributed by atoms with Gasteiger partial charge in [0.25, 0.3) is 0 Å². The number of likely N-dealkylation sites (N-methyl/N-ethyl adjacent to an activating group) is 1. The van der Waals surface area contributed by atoms with Crippen LogP contribution in [0.4, 0.5) is 5.69 Å². The fraction of sp³-hybridized carbons (Fsp3) is 0.353. The molecule has 0 fully saturated rings. The number of aromatic nitrogens is 2. The van der Waals surface area contributed by atoms with Crippen LogP contribution < -0.4 is 10.6 Å². The second-order valence-electron chi connectivity index (χ2n) is 5.34. The number of nitrogens with zero attached hydrogens (tertiary/aromatic N) is 2. The Morgan fingerprint density at radius 3 is 2.65 bits per heavy atom. The standard InChI is InChI=1S/C17H22N4O2/c1-18-17(23)13-21-12-15(11-19-21)20-16(22)10-6-5-9-14-7-3-2-4-8-14/h2-4,7-8,11-12H,5-6,9-10,13H2,1H3,(H,18,23)(H,20,22). The zero-order chi connectivity index (χ0) is 16.5. The van der Waals surface area contributed by atoms with Gasteiger partial charge in [-0.1, -0.05) is 30.3 Å². The third-order valence-corrected chi connectivity index (χ3v) is 3.46. The van der Waals surface area contributed by atoms with Crippen molar-refractivity contribution in [2.75, 3.05) is 12.4 Å². The van der Waals surface area contributed by atoms with E-state index in [1.165, 1.54) is 10.2 Å². The zero-order valence-electron chi connectivity index (χ0n) is 13.3. The second-order valence-corrected chi connectivity index (χ2v) is 5.34. The van der Waals surface area contributed by atoms with Crippen LogP contribution in [0.3, 0.4) is 0 Å². The van der Waals surface area contributed by atoms with Gasteiger partial charge in [-0.05, 0) is 24.8 Å². The maximum absolute atomic E-state index is 11.9. The summed E-state index contributed by atoms with van der Waals surface area (Å²) in [6, 6.07) is 10.3. The number of benzene rings is 1. The molecule has 0 saturated heterocycles. The van der Waals surface area contributed by atoms with Crippen molar-refractivity contribution in [1.29, 1.82) is 0 Å². The molecule has 2 amide bonds. The van der Waals surface area contributed by atoms with E-state index in [1.807, 2.05) is 18.2 Å². The van der Waals surface area contributed by atoms with Crippen molar-refractivity contribution in [3.63, 3.8) is 0 Å². The summed E-state index contributed by atoms with van der Waals surface area (Å²) in [5.41, 5.74) is 1.91. The molecule has 2 rings (SSSR count). The first kappa shape index (κ1) is 16.7. The first-order valence-electron chi connectivity index (χ1n) is 7.74. The van der Waals surface area contributed by atoms with Crippen LogP contribution in [-0.2, 0) is 22.6 Å². The van der Waals surface area contributed by atoms with Gasteiger partial charge in [-0.25, -0.2) is 0 Å². The van der Waals surface area contributed by atoms with Gasteiger partial charge in [0.15, 0.2) is 0 Å². The van der Waals surface area contributed by atoms with E-state index in [4.69, 9.17) is 0 Å². The van der Waals surface area contributed by atoms with Crippen LogP contribution in [0.1, 0.15) is 24.8 Å². The molecule has 0 bridgehead atoms. The Labute approximate surface area is 135 Å². The molecule has 1 aromatic heterocycles. The van der Waals surface area contributed by atoms with Crippen molar-refractivity contribution in [2.24, 2.45) is 0 Å². The van der Waals surface area contributed by atoms with E-state index in [1.54, 1.807) is 19.4 Å². The summed E-state index contributed by atoms with van der Waals surface area (Å²) in [5.74, 6) is -0.163. The lowest BCUT2D eigenvalue weighted by atomic mass is 10.1. The third kappa shape index (κ3) is 5.94. The summed E-state index contributed by atoms with van der Waals surface area (Å²) >= 11 is 0. The van der Waals surface area contributed by atoms with E-state index in [9.17, 15) is 9.59 Å². The number of rotatable bonds is 8. The molecule has 0 unspecified atom stereocenters. The SMILES string of the molecule is CNC(=O)Cn1cc(NC(=O)CCCCc2ccccc2)cn1. The van der Waals surface area contributed by atoms with Crippen LogP contribution in [0.2, 0.25) is 0 Å². The van der Waals surface area contributed by atoms with Gasteiger partial charge in [-0.15, -0.1) is 0 Å². The van der Waals surface area contributed by atoms with Crippen molar-refractivity contribution in [1.82, 2.24) is 15.1 Å². The van der Waals surface area contributed by atoms with Crippen LogP contribution in [0.15, 0.2) is 42.7 Å². The molecule has 6 heteroatoms. The molecule has 2 aromatic rings. The second kappa shape index (κ2) is 8.73. The van der Waals surface area contributed by atoms with Crippen LogP contribution >= 0.6 is 0 Å². The van der Waals surface area contributed by atoms with Crippen molar-refractivity contribution in [2.45, 2.75) is 32.2 Å². The molecule has 0 aliphatic carbocycles. The number of anilines is 1. The Bertz CT molecular complexity index is 637. The third-order valence-electron chi connectivity index (χ3n) is 3.46. The van der Waals surface area contributed by atoms with Crippen LogP contribution in [0.25, 0.3) is 0 Å². The van der Waals surface area contributed by atoms with Crippen LogP contribution in [0.5, 0.6) is 0 Å². The average molecular weight is 314 g/mol. The number of nitrogens with one attached hydrogen (secondary N) is 2. The lowest BCUT2D eigenvalue weighted by molar-refractivity contribution is -0.121. The minimum Gasteiger partial charge on any atom is -0.358 e. The Morgan fingerprint density at radius 1 is 1.13 bits per heavy atom. The molecule has 0 atom stereocenters. The summed E-state index contributed by atoms with van der Waals surface area (Å²) in [4.78, 5) is 23.1. The van der Waals surface area contributed by atoms with Crippen molar-refractivity contribution in [3.05, 3.63) is 48.3 Å². The van der Waals surface area contributed by atoms with Gasteiger partial charge in [-0.2, -0.15) is 5.10 Å². The highest BCUT2D eigenvalue weighted by Crippen LogP contribution is 2.09. The van der Waals surface area contributed by atoms with Crippen molar-refractivity contribution >= 4 is 17.5 Å². The molecule has 0 saturated carbocycles. The van der Waals surface area contributed by atoms with Crippen molar-refractivity contribution < 1.29 is 9.59 Å². The topological polar surface area (TPSA) is 76.0 Å². The first-order valence-corrected chi connectivity index (χ1v) is 7.74. The van der Waals surface area contributed by atoms with Crippen LogP contribution in [-0.4, -0.2) is 28.6 Å². The Kier molecular flexibility index (Phi) is 6.35. The molecule has 122 valence electrons. The number of hydrogen-bond donors (Lipinski definition) is 2. The number of carbonyl (C=O) groups is 2. The van der Waals surface area contributed by atoms with Gasteiger partial charge in [0.1, 0.15) is 6.54 Å². The minimum absolute atomic E-state index is 0.0300. The molecule has 23 heavy (non-hydrogen) atoms. The molecule has 0 aliphatic heterocycles. The highest BCUT2D eigenvalue weighted by molar-refractivity contribution is 5.90. The quantitative estimate of drug-likeness (QED) is 0.732. The van der Waals surface area contributed by atoms with E-state index in [-0.39, 0.29) is 18.4 Å². The van der Waals surface area contributed by atoms with Gasteiger partial charge in [-0.3, -0.25) is 14.3 Å². The fourth-order valence-corrected chi connectivity index (χ4v) is 2.22. The van der Waals surface area contributed by atoms with E-state index >= 15 is 0 Å². The average Bonchev–Trinajstić information content (AvgIpc) is 2.99. The number of hydrogen-bond acceptors (Lipinski definition) is 3. The monoisotopic (exact) mass is 314 g/mol. The lowest BCUT2D eigenvalue weighted by Gasteiger charge is -2.03. The predicted octanol–water partition coefficient (Wildman–Crippen LogP) is 1.98. The fourth-order valence-electron chi connectivity index (χ4n) is 2.22. The maximum atomic E-state index is 11.9. The molecule has 0 aliphatic rings. The lowest BCUT2D eigenvalue weighted by Crippen LogP contribution is -2.23. The Balaban J connectivity index is 1.67. The summed E-state index contributed by atoms with van der Waals surface area (Å²) in [6.07, 6.45) is 6.48. The molecule has 1 aromatic carbocycles. The van der Waals surface area contributed by atoms with Gasteiger partial charge < -0.3 is 10.6 Å². The highest BCUT2D eigenvalue weighted by atomic mass is 16.2. The molecule has 1 heterocycles. The Morgan fingerprint density at radius 2 is 1.91 bits per heavy atom. The van der Waals surface area contributed by atoms with Gasteiger partial charge >= 0.3 is 0 Å². The summed E-state index contributed by atoms with van der Waals surface area (Å²) in [7, 11) is 1.57. The normalized spacial score (nSPS) is 10.3. The number of aryl methyl sites for hydroxylation is 1. The Hall–Kier alpha value is -2.63. The minimum atomic E-state index is -0.133. The van der Waals surface area contributed by atoms with E-state index in [0.29, 0.717) is 12.1 Å². The van der Waals surface area contributed by atoms with E-state index in [2.05, 4.69) is 27.9 Å². The summed E-state index contributed by atoms with van der Waals surface area (Å²) in [6.45, 7) is 0.142. The van der Waals surface area contributed by atoms with Gasteiger partial charge in [0.2, 0.25) is 11.8 Å². The van der Waals surface area contributed by atoms with Crippen LogP contribution in [0, 0.1) is 0 Å². The zero-order valence-corrected chi connectivity index (χ0v) is 13.3. The largest absolute Gasteiger partial charge is 0.358 e. The number of amides is 2. The first-order chi connectivity index (χ1) is 11.2. The molecule has 2 N–H and O–H groups in total. The summed E-state index contributed by atoms with van der Waals surface area (Å²) < 4.78 is 1.49. The van der Waals surface area contributed by atoms with Crippen molar-refractivity contribution in [3.8, 4) is 0 Å². The molecule has 0 spiro atoms. The molecule has 6 nitrogen and oxygen atoms in total. The van der Waals surface area contributed by atoms with Gasteiger partial charge in [0, 0.05) is 19.7 Å². The van der Waals surface area contributed by atoms with Gasteiger partial charge in [0.05, 0.1) is 11.9 Å². The number of carbonyl (C=O) groups excluding carboxylic acids is 2. The smallest absolute Gasteiger partial charge is 0.241 e.